The number of aromatic nitrogens is 1. The van der Waals surface area contributed by atoms with Crippen LogP contribution in [0.15, 0.2) is 65.6 Å². The topological polar surface area (TPSA) is 68.4 Å². The number of thioether (sulfide) groups is 1. The Bertz CT molecular complexity index is 1220. The van der Waals surface area contributed by atoms with Gasteiger partial charge in [0.1, 0.15) is 0 Å². The summed E-state index contributed by atoms with van der Waals surface area (Å²) in [7, 11) is 0. The van der Waals surface area contributed by atoms with E-state index in [0.29, 0.717) is 14.9 Å². The molecule has 0 atom stereocenters. The average Bonchev–Trinajstić information content (AvgIpc) is 3.17. The third kappa shape index (κ3) is 3.55. The van der Waals surface area contributed by atoms with Crippen LogP contribution >= 0.6 is 24.0 Å². The van der Waals surface area contributed by atoms with Gasteiger partial charge >= 0.3 is 0 Å². The second-order valence-corrected chi connectivity index (χ2v) is 8.47. The van der Waals surface area contributed by atoms with Gasteiger partial charge in [-0.25, -0.2) is 0 Å². The zero-order valence-corrected chi connectivity index (χ0v) is 17.9. The number of carbonyl (C=O) groups is 1. The van der Waals surface area contributed by atoms with Crippen molar-refractivity contribution in [1.82, 2.24) is 4.57 Å². The average molecular weight is 436 g/mol. The zero-order chi connectivity index (χ0) is 21.4. The first-order valence-electron chi connectivity index (χ1n) is 9.13. The van der Waals surface area contributed by atoms with Gasteiger partial charge in [-0.2, -0.15) is 0 Å². The van der Waals surface area contributed by atoms with Gasteiger partial charge < -0.3 is 4.57 Å². The van der Waals surface area contributed by atoms with E-state index < -0.39 is 4.92 Å². The number of thiocarbonyl (C=S) groups is 1. The Morgan fingerprint density at radius 1 is 1.03 bits per heavy atom. The molecule has 30 heavy (non-hydrogen) atoms. The molecule has 4 rings (SSSR count). The first kappa shape index (κ1) is 20.1. The number of aryl methyl sites for hydroxylation is 1. The van der Waals surface area contributed by atoms with E-state index in [1.807, 2.05) is 67.0 Å². The number of nitro benzene ring substituents is 1. The maximum absolute atomic E-state index is 13.0. The van der Waals surface area contributed by atoms with Crippen molar-refractivity contribution in [2.45, 2.75) is 13.8 Å². The number of hydrogen-bond acceptors (Lipinski definition) is 5. The standard InChI is InChI=1S/C22H17N3O3S2/c1-14-11-16(15(2)23(14)18-9-6-10-19(13-18)25(27)28)12-20-21(26)24(22(29)30-20)17-7-4-3-5-8-17/h3-13H,1-2H3/b20-12+. The number of carbonyl (C=O) groups excluding carboxylic acids is 1. The highest BCUT2D eigenvalue weighted by Crippen LogP contribution is 2.37. The van der Waals surface area contributed by atoms with E-state index in [2.05, 4.69) is 0 Å². The maximum Gasteiger partial charge on any atom is 0.271 e. The minimum Gasteiger partial charge on any atom is -0.318 e. The lowest BCUT2D eigenvalue weighted by molar-refractivity contribution is -0.384. The lowest BCUT2D eigenvalue weighted by Gasteiger charge is -2.13. The van der Waals surface area contributed by atoms with Crippen molar-refractivity contribution in [3.05, 3.63) is 92.6 Å². The van der Waals surface area contributed by atoms with Crippen molar-refractivity contribution in [2.24, 2.45) is 0 Å². The third-order valence-corrected chi connectivity index (χ3v) is 6.17. The van der Waals surface area contributed by atoms with E-state index in [1.54, 1.807) is 12.1 Å². The summed E-state index contributed by atoms with van der Waals surface area (Å²) in [5.41, 5.74) is 4.15. The minimum atomic E-state index is -0.409. The number of nitro groups is 1. The molecular weight excluding hydrogens is 418 g/mol. The van der Waals surface area contributed by atoms with Crippen LogP contribution < -0.4 is 4.90 Å². The number of amides is 1. The monoisotopic (exact) mass is 435 g/mol. The summed E-state index contributed by atoms with van der Waals surface area (Å²) < 4.78 is 2.43. The van der Waals surface area contributed by atoms with Crippen LogP contribution in [0.5, 0.6) is 0 Å². The predicted molar refractivity (Wildman–Crippen MR) is 124 cm³/mol. The molecule has 0 aliphatic carbocycles. The number of anilines is 1. The fraction of sp³-hybridized carbons (Fsp3) is 0.0909. The number of para-hydroxylation sites is 1. The van der Waals surface area contributed by atoms with E-state index in [9.17, 15) is 14.9 Å². The van der Waals surface area contributed by atoms with Gasteiger partial charge in [-0.05, 0) is 49.8 Å². The van der Waals surface area contributed by atoms with Crippen molar-refractivity contribution in [3.63, 3.8) is 0 Å². The Hall–Kier alpha value is -3.23. The molecule has 0 bridgehead atoms. The van der Waals surface area contributed by atoms with Crippen LogP contribution in [0.3, 0.4) is 0 Å². The number of nitrogens with zero attached hydrogens (tertiary/aromatic N) is 3. The molecule has 1 aromatic heterocycles. The number of hydrogen-bond donors (Lipinski definition) is 0. The lowest BCUT2D eigenvalue weighted by atomic mass is 10.2. The third-order valence-electron chi connectivity index (χ3n) is 4.86. The number of benzene rings is 2. The Morgan fingerprint density at radius 2 is 1.73 bits per heavy atom. The van der Waals surface area contributed by atoms with Gasteiger partial charge in [-0.3, -0.25) is 19.8 Å². The van der Waals surface area contributed by atoms with E-state index in [1.165, 1.54) is 22.7 Å². The van der Waals surface area contributed by atoms with Gasteiger partial charge in [0.15, 0.2) is 4.32 Å². The highest BCUT2D eigenvalue weighted by molar-refractivity contribution is 8.27. The Kier molecular flexibility index (Phi) is 5.27. The summed E-state index contributed by atoms with van der Waals surface area (Å²) in [6, 6.07) is 17.8. The van der Waals surface area contributed by atoms with Crippen LogP contribution in [0.4, 0.5) is 11.4 Å². The van der Waals surface area contributed by atoms with Crippen LogP contribution in [0.1, 0.15) is 17.0 Å². The van der Waals surface area contributed by atoms with Crippen molar-refractivity contribution in [3.8, 4) is 5.69 Å². The molecule has 2 aromatic carbocycles. The fourth-order valence-electron chi connectivity index (χ4n) is 3.49. The van der Waals surface area contributed by atoms with E-state index in [-0.39, 0.29) is 11.6 Å². The van der Waals surface area contributed by atoms with Gasteiger partial charge in [0.05, 0.1) is 21.2 Å². The highest BCUT2D eigenvalue weighted by atomic mass is 32.2. The summed E-state index contributed by atoms with van der Waals surface area (Å²) in [5, 5.41) is 11.1. The Morgan fingerprint density at radius 3 is 2.43 bits per heavy atom. The van der Waals surface area contributed by atoms with Crippen LogP contribution in [0.25, 0.3) is 11.8 Å². The molecule has 0 unspecified atom stereocenters. The van der Waals surface area contributed by atoms with Gasteiger partial charge in [0.2, 0.25) is 0 Å². The SMILES string of the molecule is Cc1cc(/C=C2/SC(=S)N(c3ccccc3)C2=O)c(C)n1-c1cccc([N+](=O)[O-])c1. The summed E-state index contributed by atoms with van der Waals surface area (Å²) >= 11 is 6.70. The molecule has 1 aliphatic rings. The summed E-state index contributed by atoms with van der Waals surface area (Å²) in [6.07, 6.45) is 1.83. The molecule has 0 N–H and O–H groups in total. The van der Waals surface area contributed by atoms with E-state index in [4.69, 9.17) is 12.2 Å². The van der Waals surface area contributed by atoms with Crippen LogP contribution in [0, 0.1) is 24.0 Å². The lowest BCUT2D eigenvalue weighted by Crippen LogP contribution is -2.27. The Labute approximate surface area is 183 Å². The normalized spacial score (nSPS) is 15.3. The summed E-state index contributed by atoms with van der Waals surface area (Å²) in [5.74, 6) is -0.156. The molecule has 150 valence electrons. The van der Waals surface area contributed by atoms with Crippen molar-refractivity contribution < 1.29 is 9.72 Å². The molecule has 6 nitrogen and oxygen atoms in total. The molecule has 0 spiro atoms. The molecule has 2 heterocycles. The molecular formula is C22H17N3O3S2. The molecule has 8 heteroatoms. The van der Waals surface area contributed by atoms with E-state index >= 15 is 0 Å². The minimum absolute atomic E-state index is 0.0327. The van der Waals surface area contributed by atoms with Gasteiger partial charge in [-0.1, -0.05) is 48.2 Å². The van der Waals surface area contributed by atoms with Crippen molar-refractivity contribution >= 4 is 51.7 Å². The number of rotatable bonds is 4. The van der Waals surface area contributed by atoms with Gasteiger partial charge in [-0.15, -0.1) is 0 Å². The first-order valence-corrected chi connectivity index (χ1v) is 10.4. The van der Waals surface area contributed by atoms with Gasteiger partial charge in [0, 0.05) is 23.5 Å². The second-order valence-electron chi connectivity index (χ2n) is 6.79. The largest absolute Gasteiger partial charge is 0.318 e. The molecule has 3 aromatic rings. The van der Waals surface area contributed by atoms with Crippen molar-refractivity contribution in [1.29, 1.82) is 0 Å². The summed E-state index contributed by atoms with van der Waals surface area (Å²) in [6.45, 7) is 3.86. The molecule has 0 saturated carbocycles. The second kappa shape index (κ2) is 7.89. The first-order chi connectivity index (χ1) is 14.4. The molecule has 1 amide bonds. The Balaban J connectivity index is 1.71. The highest BCUT2D eigenvalue weighted by Gasteiger charge is 2.33. The zero-order valence-electron chi connectivity index (χ0n) is 16.2. The molecule has 1 fully saturated rings. The van der Waals surface area contributed by atoms with Crippen molar-refractivity contribution in [2.75, 3.05) is 4.90 Å². The van der Waals surface area contributed by atoms with Gasteiger partial charge in [0.25, 0.3) is 11.6 Å². The molecule has 0 radical (unpaired) electrons. The van der Waals surface area contributed by atoms with Crippen LogP contribution in [-0.2, 0) is 4.79 Å². The smallest absolute Gasteiger partial charge is 0.271 e. The molecule has 1 saturated heterocycles. The summed E-state index contributed by atoms with van der Waals surface area (Å²) in [4.78, 5) is 25.8. The van der Waals surface area contributed by atoms with Crippen LogP contribution in [0.2, 0.25) is 0 Å². The predicted octanol–water partition coefficient (Wildman–Crippen LogP) is 5.41. The van der Waals surface area contributed by atoms with Crippen LogP contribution in [-0.4, -0.2) is 19.7 Å². The molecule has 1 aliphatic heterocycles. The quantitative estimate of drug-likeness (QED) is 0.237. The van der Waals surface area contributed by atoms with E-state index in [0.717, 1.165) is 22.6 Å². The fourth-order valence-corrected chi connectivity index (χ4v) is 4.78. The maximum atomic E-state index is 13.0. The number of non-ortho nitro benzene ring substituents is 1.